The zero-order valence-electron chi connectivity index (χ0n) is 20.0. The summed E-state index contributed by atoms with van der Waals surface area (Å²) in [4.78, 5) is 12.5. The minimum atomic E-state index is -3.72. The van der Waals surface area contributed by atoms with Gasteiger partial charge in [0, 0.05) is 25.6 Å². The van der Waals surface area contributed by atoms with Crippen LogP contribution in [0.1, 0.15) is 39.8 Å². The maximum absolute atomic E-state index is 12.9. The fraction of sp³-hybridized carbons (Fsp3) is 0.458. The fourth-order valence-electron chi connectivity index (χ4n) is 3.72. The quantitative estimate of drug-likeness (QED) is 0.565. The van der Waals surface area contributed by atoms with Gasteiger partial charge in [-0.15, -0.1) is 0 Å². The molecular weight excluding hydrogens is 428 g/mol. The van der Waals surface area contributed by atoms with Gasteiger partial charge >= 0.3 is 0 Å². The van der Waals surface area contributed by atoms with E-state index in [-0.39, 0.29) is 18.9 Å². The summed E-state index contributed by atoms with van der Waals surface area (Å²) >= 11 is 0. The number of carbonyl (C=O) groups excluding carboxylic acids is 1. The third-order valence-corrected chi connectivity index (χ3v) is 7.79. The molecule has 0 unspecified atom stereocenters. The van der Waals surface area contributed by atoms with Crippen LogP contribution in [0.4, 0.5) is 0 Å². The molecule has 1 amide bonds. The molecule has 2 aromatic rings. The zero-order valence-corrected chi connectivity index (χ0v) is 20.8. The molecule has 0 aromatic heterocycles. The number of rotatable bonds is 10. The van der Waals surface area contributed by atoms with E-state index in [0.717, 1.165) is 33.4 Å². The molecule has 8 heteroatoms. The normalized spacial score (nSPS) is 11.3. The molecule has 0 heterocycles. The topological polar surface area (TPSA) is 93.7 Å². The summed E-state index contributed by atoms with van der Waals surface area (Å²) in [6, 6.07) is 5.53. The van der Waals surface area contributed by atoms with Crippen LogP contribution in [0.5, 0.6) is 11.5 Å². The molecule has 0 aliphatic heterocycles. The van der Waals surface area contributed by atoms with Crippen LogP contribution >= 0.6 is 0 Å². The van der Waals surface area contributed by atoms with Crippen LogP contribution in [-0.2, 0) is 21.2 Å². The highest BCUT2D eigenvalue weighted by Gasteiger charge is 2.23. The van der Waals surface area contributed by atoms with Crippen LogP contribution in [0, 0.1) is 34.6 Å². The molecule has 0 saturated carbocycles. The minimum absolute atomic E-state index is 0.0326. The van der Waals surface area contributed by atoms with Crippen molar-refractivity contribution in [2.75, 3.05) is 27.3 Å². The van der Waals surface area contributed by atoms with E-state index >= 15 is 0 Å². The second-order valence-corrected chi connectivity index (χ2v) is 9.58. The van der Waals surface area contributed by atoms with Gasteiger partial charge in [-0.3, -0.25) is 4.79 Å². The van der Waals surface area contributed by atoms with Gasteiger partial charge in [-0.25, -0.2) is 13.1 Å². The highest BCUT2D eigenvalue weighted by atomic mass is 32.2. The first kappa shape index (κ1) is 25.7. The van der Waals surface area contributed by atoms with Gasteiger partial charge in [0.05, 0.1) is 19.1 Å². The van der Waals surface area contributed by atoms with Crippen molar-refractivity contribution < 1.29 is 22.7 Å². The molecule has 0 aliphatic carbocycles. The van der Waals surface area contributed by atoms with E-state index in [1.165, 1.54) is 0 Å². The molecule has 7 nitrogen and oxygen atoms in total. The number of hydrogen-bond donors (Lipinski definition) is 2. The lowest BCUT2D eigenvalue weighted by atomic mass is 9.95. The molecule has 0 spiro atoms. The maximum Gasteiger partial charge on any atom is 0.241 e. The largest absolute Gasteiger partial charge is 0.497 e. The molecule has 0 radical (unpaired) electrons. The Morgan fingerprint density at radius 3 is 2.03 bits per heavy atom. The van der Waals surface area contributed by atoms with Gasteiger partial charge in [-0.2, -0.15) is 0 Å². The Hall–Kier alpha value is -2.58. The Kier molecular flexibility index (Phi) is 8.69. The summed E-state index contributed by atoms with van der Waals surface area (Å²) in [5.41, 5.74) is 5.49. The molecule has 0 saturated heterocycles. The molecule has 0 aliphatic rings. The molecule has 0 atom stereocenters. The molecule has 176 valence electrons. The van der Waals surface area contributed by atoms with Crippen molar-refractivity contribution in [2.45, 2.75) is 52.4 Å². The van der Waals surface area contributed by atoms with Gasteiger partial charge in [0.1, 0.15) is 11.5 Å². The molecule has 0 bridgehead atoms. The van der Waals surface area contributed by atoms with Crippen molar-refractivity contribution in [3.8, 4) is 11.5 Å². The summed E-state index contributed by atoms with van der Waals surface area (Å²) in [5, 5.41) is 2.82. The number of carbonyl (C=O) groups is 1. The number of amides is 1. The summed E-state index contributed by atoms with van der Waals surface area (Å²) < 4.78 is 39.0. The van der Waals surface area contributed by atoms with Gasteiger partial charge in [-0.1, -0.05) is 6.07 Å². The molecule has 2 rings (SSSR count). The van der Waals surface area contributed by atoms with E-state index in [1.807, 2.05) is 46.8 Å². The summed E-state index contributed by atoms with van der Waals surface area (Å²) in [6.07, 6.45) is 0.645. The summed E-state index contributed by atoms with van der Waals surface area (Å²) in [7, 11) is -0.540. The summed E-state index contributed by atoms with van der Waals surface area (Å²) in [5.74, 6) is 1.18. The van der Waals surface area contributed by atoms with E-state index in [2.05, 4.69) is 10.0 Å². The minimum Gasteiger partial charge on any atom is -0.497 e. The molecule has 0 fully saturated rings. The smallest absolute Gasteiger partial charge is 0.241 e. The Bertz CT molecular complexity index is 1070. The van der Waals surface area contributed by atoms with Crippen molar-refractivity contribution in [3.63, 3.8) is 0 Å². The average molecular weight is 463 g/mol. The number of benzene rings is 2. The van der Waals surface area contributed by atoms with Crippen LogP contribution < -0.4 is 19.5 Å². The Labute approximate surface area is 191 Å². The van der Waals surface area contributed by atoms with Crippen molar-refractivity contribution >= 4 is 15.9 Å². The molecule has 2 N–H and O–H groups in total. The highest BCUT2D eigenvalue weighted by molar-refractivity contribution is 7.89. The van der Waals surface area contributed by atoms with Crippen LogP contribution in [-0.4, -0.2) is 41.6 Å². The number of sulfonamides is 1. The number of hydrogen-bond acceptors (Lipinski definition) is 5. The lowest BCUT2D eigenvalue weighted by molar-refractivity contribution is -0.120. The maximum atomic E-state index is 12.9. The van der Waals surface area contributed by atoms with Crippen LogP contribution in [0.3, 0.4) is 0 Å². The van der Waals surface area contributed by atoms with E-state index in [1.54, 1.807) is 20.3 Å². The van der Waals surface area contributed by atoms with Gasteiger partial charge in [0.2, 0.25) is 15.9 Å². The van der Waals surface area contributed by atoms with Crippen molar-refractivity contribution in [1.82, 2.24) is 10.0 Å². The first-order chi connectivity index (χ1) is 15.0. The predicted molar refractivity (Wildman–Crippen MR) is 126 cm³/mol. The zero-order chi connectivity index (χ0) is 24.1. The first-order valence-electron chi connectivity index (χ1n) is 10.6. The van der Waals surface area contributed by atoms with E-state index < -0.39 is 10.0 Å². The Morgan fingerprint density at radius 2 is 1.47 bits per heavy atom. The van der Waals surface area contributed by atoms with E-state index in [4.69, 9.17) is 9.47 Å². The van der Waals surface area contributed by atoms with Crippen molar-refractivity contribution in [2.24, 2.45) is 0 Å². The van der Waals surface area contributed by atoms with Crippen molar-refractivity contribution in [3.05, 3.63) is 51.6 Å². The Morgan fingerprint density at radius 1 is 0.875 bits per heavy atom. The van der Waals surface area contributed by atoms with Gasteiger partial charge in [0.15, 0.2) is 0 Å². The first-order valence-corrected chi connectivity index (χ1v) is 12.1. The highest BCUT2D eigenvalue weighted by Crippen LogP contribution is 2.29. The van der Waals surface area contributed by atoms with Gasteiger partial charge in [0.25, 0.3) is 0 Å². The summed E-state index contributed by atoms with van der Waals surface area (Å²) in [6.45, 7) is 9.96. The second-order valence-electron chi connectivity index (χ2n) is 7.88. The van der Waals surface area contributed by atoms with Gasteiger partial charge in [-0.05, 0) is 80.5 Å². The fourth-order valence-corrected chi connectivity index (χ4v) is 5.35. The Balaban J connectivity index is 1.92. The molecule has 32 heavy (non-hydrogen) atoms. The molecular formula is C24H34N2O5S. The van der Waals surface area contributed by atoms with Crippen molar-refractivity contribution in [1.29, 1.82) is 0 Å². The van der Waals surface area contributed by atoms with Crippen LogP contribution in [0.15, 0.2) is 23.1 Å². The number of ether oxygens (including phenoxy) is 2. The number of methoxy groups -OCH3 is 2. The molecule has 2 aromatic carbocycles. The monoisotopic (exact) mass is 462 g/mol. The standard InChI is InChI=1S/C24H34N2O5S/c1-15-16(2)18(4)24(19(5)17(15)3)32(28,29)26-13-11-23(27)25-12-10-20-8-9-21(30-6)14-22(20)31-7/h8-9,14,26H,10-13H2,1-7H3,(H,25,27). The SMILES string of the molecule is COc1ccc(CCNC(=O)CCNS(=O)(=O)c2c(C)c(C)c(C)c(C)c2C)c(OC)c1. The van der Waals surface area contributed by atoms with E-state index in [0.29, 0.717) is 29.4 Å². The third-order valence-electron chi connectivity index (χ3n) is 6.05. The van der Waals surface area contributed by atoms with Gasteiger partial charge < -0.3 is 14.8 Å². The average Bonchev–Trinajstić information content (AvgIpc) is 2.76. The third kappa shape index (κ3) is 5.81. The van der Waals surface area contributed by atoms with E-state index in [9.17, 15) is 13.2 Å². The number of nitrogens with one attached hydrogen (secondary N) is 2. The lowest BCUT2D eigenvalue weighted by Gasteiger charge is -2.19. The second kappa shape index (κ2) is 10.8. The van der Waals surface area contributed by atoms with Crippen LogP contribution in [0.25, 0.3) is 0 Å². The lowest BCUT2D eigenvalue weighted by Crippen LogP contribution is -2.32. The van der Waals surface area contributed by atoms with Crippen LogP contribution in [0.2, 0.25) is 0 Å². The predicted octanol–water partition coefficient (Wildman–Crippen LogP) is 3.27.